The fraction of sp³-hybridized carbons (Fsp3) is 0.611. The van der Waals surface area contributed by atoms with Crippen molar-refractivity contribution in [2.45, 2.75) is 45.1 Å². The van der Waals surface area contributed by atoms with Gasteiger partial charge in [-0.3, -0.25) is 4.79 Å². The first-order valence-corrected chi connectivity index (χ1v) is 8.18. The normalized spacial score (nSPS) is 24.5. The van der Waals surface area contributed by atoms with Crippen molar-refractivity contribution in [1.29, 1.82) is 0 Å². The van der Waals surface area contributed by atoms with Crippen LogP contribution in [0.2, 0.25) is 0 Å². The Hall–Kier alpha value is -1.35. The Morgan fingerprint density at radius 2 is 2.05 bits per heavy atom. The van der Waals surface area contributed by atoms with Crippen LogP contribution >= 0.6 is 0 Å². The Balaban J connectivity index is 1.62. The first-order chi connectivity index (χ1) is 10.2. The highest BCUT2D eigenvalue weighted by atomic mass is 16.5. The summed E-state index contributed by atoms with van der Waals surface area (Å²) >= 11 is 0. The molecule has 0 aromatic heterocycles. The van der Waals surface area contributed by atoms with Gasteiger partial charge in [0, 0.05) is 19.1 Å². The van der Waals surface area contributed by atoms with Crippen LogP contribution in [0.15, 0.2) is 30.3 Å². The molecule has 2 aliphatic rings. The van der Waals surface area contributed by atoms with E-state index in [2.05, 4.69) is 24.4 Å². The van der Waals surface area contributed by atoms with Gasteiger partial charge in [-0.1, -0.05) is 43.7 Å². The van der Waals surface area contributed by atoms with Crippen LogP contribution in [-0.2, 0) is 9.53 Å². The first kappa shape index (κ1) is 14.6. The molecule has 1 N–H and O–H groups in total. The van der Waals surface area contributed by atoms with Gasteiger partial charge in [-0.2, -0.15) is 0 Å². The molecule has 1 aromatic carbocycles. The Kier molecular flexibility index (Phi) is 4.29. The number of carbonyl (C=O) groups excluding carboxylic acids is 1. The monoisotopic (exact) mass is 287 g/mol. The van der Waals surface area contributed by atoms with Crippen molar-refractivity contribution >= 4 is 5.91 Å². The van der Waals surface area contributed by atoms with Gasteiger partial charge < -0.3 is 10.1 Å². The minimum atomic E-state index is 0.154. The minimum absolute atomic E-state index is 0.154. The lowest BCUT2D eigenvalue weighted by molar-refractivity contribution is -0.124. The highest BCUT2D eigenvalue weighted by Crippen LogP contribution is 2.59. The Labute approximate surface area is 127 Å². The van der Waals surface area contributed by atoms with E-state index in [1.54, 1.807) is 0 Å². The SMILES string of the molecule is CCCC(NC(=O)C1CC12CCOCC2)c1ccccc1. The third-order valence-corrected chi connectivity index (χ3v) is 5.09. The van der Waals surface area contributed by atoms with Crippen molar-refractivity contribution in [2.75, 3.05) is 13.2 Å². The smallest absolute Gasteiger partial charge is 0.224 e. The molecule has 1 heterocycles. The van der Waals surface area contributed by atoms with Crippen molar-refractivity contribution in [3.63, 3.8) is 0 Å². The van der Waals surface area contributed by atoms with E-state index in [9.17, 15) is 4.79 Å². The molecular weight excluding hydrogens is 262 g/mol. The summed E-state index contributed by atoms with van der Waals surface area (Å²) in [6.07, 6.45) is 5.22. The zero-order chi connectivity index (χ0) is 14.7. The van der Waals surface area contributed by atoms with Crippen molar-refractivity contribution < 1.29 is 9.53 Å². The molecule has 2 atom stereocenters. The molecule has 1 aliphatic carbocycles. The molecule has 3 rings (SSSR count). The lowest BCUT2D eigenvalue weighted by Crippen LogP contribution is -2.32. The largest absolute Gasteiger partial charge is 0.381 e. The molecule has 114 valence electrons. The summed E-state index contributed by atoms with van der Waals surface area (Å²) in [6, 6.07) is 10.5. The van der Waals surface area contributed by atoms with Gasteiger partial charge in [0.05, 0.1) is 6.04 Å². The van der Waals surface area contributed by atoms with E-state index in [-0.39, 0.29) is 23.3 Å². The molecule has 0 radical (unpaired) electrons. The van der Waals surface area contributed by atoms with Crippen LogP contribution in [0.1, 0.15) is 50.6 Å². The molecule has 3 nitrogen and oxygen atoms in total. The van der Waals surface area contributed by atoms with Gasteiger partial charge in [0.2, 0.25) is 5.91 Å². The van der Waals surface area contributed by atoms with Crippen molar-refractivity contribution in [3.05, 3.63) is 35.9 Å². The van der Waals surface area contributed by atoms with Crippen LogP contribution < -0.4 is 5.32 Å². The fourth-order valence-corrected chi connectivity index (χ4v) is 3.62. The quantitative estimate of drug-likeness (QED) is 0.900. The summed E-state index contributed by atoms with van der Waals surface area (Å²) in [4.78, 5) is 12.6. The molecule has 1 saturated heterocycles. The summed E-state index contributed by atoms with van der Waals surface area (Å²) < 4.78 is 5.43. The lowest BCUT2D eigenvalue weighted by atomic mass is 9.93. The number of ether oxygens (including phenoxy) is 1. The molecule has 21 heavy (non-hydrogen) atoms. The number of hydrogen-bond donors (Lipinski definition) is 1. The van der Waals surface area contributed by atoms with Crippen LogP contribution in [-0.4, -0.2) is 19.1 Å². The Bertz CT molecular complexity index is 479. The van der Waals surface area contributed by atoms with Gasteiger partial charge in [0.1, 0.15) is 0 Å². The first-order valence-electron chi connectivity index (χ1n) is 8.18. The third-order valence-electron chi connectivity index (χ3n) is 5.09. The van der Waals surface area contributed by atoms with Crippen LogP contribution in [0.25, 0.3) is 0 Å². The molecule has 1 amide bonds. The number of amides is 1. The molecule has 3 heteroatoms. The van der Waals surface area contributed by atoms with Crippen molar-refractivity contribution in [3.8, 4) is 0 Å². The van der Waals surface area contributed by atoms with E-state index in [1.165, 1.54) is 5.56 Å². The average molecular weight is 287 g/mol. The van der Waals surface area contributed by atoms with Crippen LogP contribution in [0.3, 0.4) is 0 Å². The van der Waals surface area contributed by atoms with Gasteiger partial charge in [0.15, 0.2) is 0 Å². The highest BCUT2D eigenvalue weighted by molar-refractivity contribution is 5.83. The summed E-state index contributed by atoms with van der Waals surface area (Å²) in [7, 11) is 0. The van der Waals surface area contributed by atoms with E-state index in [4.69, 9.17) is 4.74 Å². The van der Waals surface area contributed by atoms with Crippen LogP contribution in [0.4, 0.5) is 0 Å². The summed E-state index contributed by atoms with van der Waals surface area (Å²) in [5.74, 6) is 0.462. The third kappa shape index (κ3) is 3.13. The zero-order valence-electron chi connectivity index (χ0n) is 12.8. The predicted octanol–water partition coefficient (Wildman–Crippen LogP) is 3.46. The molecule has 2 unspecified atom stereocenters. The molecule has 1 saturated carbocycles. The Morgan fingerprint density at radius 1 is 1.33 bits per heavy atom. The van der Waals surface area contributed by atoms with E-state index in [0.29, 0.717) is 0 Å². The van der Waals surface area contributed by atoms with Gasteiger partial charge in [-0.15, -0.1) is 0 Å². The van der Waals surface area contributed by atoms with Crippen LogP contribution in [0, 0.1) is 11.3 Å². The molecule has 0 bridgehead atoms. The summed E-state index contributed by atoms with van der Waals surface area (Å²) in [5, 5.41) is 3.29. The molecule has 1 aliphatic heterocycles. The molecule has 1 aromatic rings. The van der Waals surface area contributed by atoms with E-state index in [1.807, 2.05) is 18.2 Å². The molecule has 2 fully saturated rings. The number of rotatable bonds is 5. The number of benzene rings is 1. The van der Waals surface area contributed by atoms with Gasteiger partial charge in [-0.05, 0) is 36.7 Å². The van der Waals surface area contributed by atoms with Crippen molar-refractivity contribution in [1.82, 2.24) is 5.32 Å². The minimum Gasteiger partial charge on any atom is -0.381 e. The standard InChI is InChI=1S/C18H25NO2/c1-2-6-16(14-7-4-3-5-8-14)19-17(20)15-13-18(15)9-11-21-12-10-18/h3-5,7-8,15-16H,2,6,9-13H2,1H3,(H,19,20). The zero-order valence-corrected chi connectivity index (χ0v) is 12.8. The van der Waals surface area contributed by atoms with Crippen LogP contribution in [0.5, 0.6) is 0 Å². The van der Waals surface area contributed by atoms with Gasteiger partial charge in [-0.25, -0.2) is 0 Å². The maximum atomic E-state index is 12.6. The number of carbonyl (C=O) groups is 1. The lowest BCUT2D eigenvalue weighted by Gasteiger charge is -2.24. The van der Waals surface area contributed by atoms with E-state index in [0.717, 1.165) is 45.3 Å². The predicted molar refractivity (Wildman–Crippen MR) is 82.8 cm³/mol. The second kappa shape index (κ2) is 6.18. The van der Waals surface area contributed by atoms with Gasteiger partial charge in [0.25, 0.3) is 0 Å². The van der Waals surface area contributed by atoms with Crippen molar-refractivity contribution in [2.24, 2.45) is 11.3 Å². The average Bonchev–Trinajstić information content (AvgIpc) is 3.22. The Morgan fingerprint density at radius 3 is 2.71 bits per heavy atom. The van der Waals surface area contributed by atoms with E-state index < -0.39 is 0 Å². The fourth-order valence-electron chi connectivity index (χ4n) is 3.62. The topological polar surface area (TPSA) is 38.3 Å². The number of nitrogens with one attached hydrogen (secondary N) is 1. The highest BCUT2D eigenvalue weighted by Gasteiger charge is 2.58. The van der Waals surface area contributed by atoms with E-state index >= 15 is 0 Å². The summed E-state index contributed by atoms with van der Waals surface area (Å²) in [5.41, 5.74) is 1.48. The second-order valence-corrected chi connectivity index (χ2v) is 6.49. The molecule has 1 spiro atoms. The number of hydrogen-bond acceptors (Lipinski definition) is 2. The summed E-state index contributed by atoms with van der Waals surface area (Å²) in [6.45, 7) is 3.81. The van der Waals surface area contributed by atoms with Gasteiger partial charge >= 0.3 is 0 Å². The maximum Gasteiger partial charge on any atom is 0.224 e. The molecular formula is C18H25NO2. The second-order valence-electron chi connectivity index (χ2n) is 6.49. The maximum absolute atomic E-state index is 12.6.